The van der Waals surface area contributed by atoms with Gasteiger partial charge in [-0.15, -0.1) is 0 Å². The minimum absolute atomic E-state index is 0.135. The topological polar surface area (TPSA) is 104 Å². The standard InChI is InChI=1S/C25H32FN3O5S/c1-6-17(2)27-25(32)18(3)28(15-21-10-7-8-13-23(21)26)24(31)16-29(35(5,33)34)22-12-9-11-20(14-22)19(4)30/h7-14,17-18H,6,15-16H2,1-5H3,(H,27,32)/t17-,18-/m1/s1. The van der Waals surface area contributed by atoms with E-state index in [0.29, 0.717) is 6.42 Å². The van der Waals surface area contributed by atoms with Crippen LogP contribution in [0.1, 0.15) is 50.0 Å². The molecule has 0 aromatic heterocycles. The molecule has 0 unspecified atom stereocenters. The van der Waals surface area contributed by atoms with E-state index >= 15 is 0 Å². The number of anilines is 1. The number of rotatable bonds is 11. The summed E-state index contributed by atoms with van der Waals surface area (Å²) in [5.74, 6) is -1.94. The Morgan fingerprint density at radius 3 is 2.29 bits per heavy atom. The van der Waals surface area contributed by atoms with Crippen molar-refractivity contribution in [1.82, 2.24) is 10.2 Å². The van der Waals surface area contributed by atoms with Crippen LogP contribution in [0.5, 0.6) is 0 Å². The van der Waals surface area contributed by atoms with Gasteiger partial charge >= 0.3 is 0 Å². The third-order valence-electron chi connectivity index (χ3n) is 5.69. The lowest BCUT2D eigenvalue weighted by molar-refractivity contribution is -0.139. The Balaban J connectivity index is 2.44. The van der Waals surface area contributed by atoms with Gasteiger partial charge in [0.05, 0.1) is 11.9 Å². The molecule has 0 radical (unpaired) electrons. The number of benzene rings is 2. The Morgan fingerprint density at radius 1 is 1.06 bits per heavy atom. The molecule has 0 fully saturated rings. The average molecular weight is 506 g/mol. The van der Waals surface area contributed by atoms with E-state index in [9.17, 15) is 27.2 Å². The number of sulfonamides is 1. The second-order valence-corrected chi connectivity index (χ2v) is 10.4. The molecule has 2 atom stereocenters. The number of hydrogen-bond donors (Lipinski definition) is 1. The summed E-state index contributed by atoms with van der Waals surface area (Å²) in [5.41, 5.74) is 0.609. The van der Waals surface area contributed by atoms with E-state index in [2.05, 4.69) is 5.32 Å². The second kappa shape index (κ2) is 11.9. The first-order valence-corrected chi connectivity index (χ1v) is 13.1. The minimum Gasteiger partial charge on any atom is -0.352 e. The Morgan fingerprint density at radius 2 is 1.71 bits per heavy atom. The highest BCUT2D eigenvalue weighted by molar-refractivity contribution is 7.92. The fourth-order valence-electron chi connectivity index (χ4n) is 3.35. The molecule has 2 rings (SSSR count). The van der Waals surface area contributed by atoms with Gasteiger partial charge in [-0.1, -0.05) is 37.3 Å². The van der Waals surface area contributed by atoms with Crippen LogP contribution in [-0.4, -0.2) is 55.8 Å². The molecule has 0 saturated carbocycles. The molecule has 2 amide bonds. The SMILES string of the molecule is CC[C@@H](C)NC(=O)[C@@H](C)N(Cc1ccccc1F)C(=O)CN(c1cccc(C(C)=O)c1)S(C)(=O)=O. The predicted molar refractivity (Wildman–Crippen MR) is 133 cm³/mol. The number of amides is 2. The van der Waals surface area contributed by atoms with Gasteiger partial charge in [0, 0.05) is 23.7 Å². The highest BCUT2D eigenvalue weighted by Crippen LogP contribution is 2.21. The Bertz CT molecular complexity index is 1190. The maximum absolute atomic E-state index is 14.4. The zero-order chi connectivity index (χ0) is 26.3. The van der Waals surface area contributed by atoms with Crippen LogP contribution in [0.15, 0.2) is 48.5 Å². The molecule has 1 N–H and O–H groups in total. The van der Waals surface area contributed by atoms with Crippen LogP contribution in [0, 0.1) is 5.82 Å². The molecule has 2 aromatic rings. The van der Waals surface area contributed by atoms with Crippen LogP contribution in [0.4, 0.5) is 10.1 Å². The number of carbonyl (C=O) groups is 3. The first kappa shape index (κ1) is 28.0. The van der Waals surface area contributed by atoms with E-state index < -0.39 is 40.2 Å². The van der Waals surface area contributed by atoms with Crippen molar-refractivity contribution in [1.29, 1.82) is 0 Å². The largest absolute Gasteiger partial charge is 0.352 e. The molecule has 2 aromatic carbocycles. The summed E-state index contributed by atoms with van der Waals surface area (Å²) in [7, 11) is -3.94. The van der Waals surface area contributed by atoms with Crippen molar-refractivity contribution in [3.8, 4) is 0 Å². The zero-order valence-electron chi connectivity index (χ0n) is 20.6. The van der Waals surface area contributed by atoms with Crippen molar-refractivity contribution in [2.24, 2.45) is 0 Å². The number of carbonyl (C=O) groups excluding carboxylic acids is 3. The van der Waals surface area contributed by atoms with Crippen LogP contribution in [0.2, 0.25) is 0 Å². The molecule has 0 aliphatic rings. The van der Waals surface area contributed by atoms with Gasteiger partial charge in [0.2, 0.25) is 21.8 Å². The van der Waals surface area contributed by atoms with Gasteiger partial charge in [0.25, 0.3) is 0 Å². The lowest BCUT2D eigenvalue weighted by atomic mass is 10.1. The fourth-order valence-corrected chi connectivity index (χ4v) is 4.19. The molecular formula is C25H32FN3O5S. The molecule has 10 heteroatoms. The first-order chi connectivity index (χ1) is 16.3. The first-order valence-electron chi connectivity index (χ1n) is 11.3. The van der Waals surface area contributed by atoms with Gasteiger partial charge in [-0.3, -0.25) is 18.7 Å². The summed E-state index contributed by atoms with van der Waals surface area (Å²) in [6.45, 7) is 5.72. The number of halogens is 1. The summed E-state index contributed by atoms with van der Waals surface area (Å²) in [6.07, 6.45) is 1.62. The molecule has 0 aliphatic heterocycles. The van der Waals surface area contributed by atoms with Gasteiger partial charge < -0.3 is 10.2 Å². The van der Waals surface area contributed by atoms with Crippen molar-refractivity contribution in [2.45, 2.75) is 52.7 Å². The van der Waals surface area contributed by atoms with Gasteiger partial charge in [-0.2, -0.15) is 0 Å². The summed E-state index contributed by atoms with van der Waals surface area (Å²) < 4.78 is 40.5. The maximum atomic E-state index is 14.4. The normalized spacial score (nSPS) is 13.0. The highest BCUT2D eigenvalue weighted by atomic mass is 32.2. The lowest BCUT2D eigenvalue weighted by Gasteiger charge is -2.32. The van der Waals surface area contributed by atoms with Crippen LogP contribution in [0.3, 0.4) is 0 Å². The van der Waals surface area contributed by atoms with Crippen molar-refractivity contribution in [2.75, 3.05) is 17.1 Å². The molecule has 0 bridgehead atoms. The Labute approximate surface area is 206 Å². The number of ketones is 1. The van der Waals surface area contributed by atoms with Crippen LogP contribution in [-0.2, 0) is 26.2 Å². The molecule has 190 valence electrons. The number of hydrogen-bond acceptors (Lipinski definition) is 5. The average Bonchev–Trinajstić information content (AvgIpc) is 2.80. The van der Waals surface area contributed by atoms with E-state index in [-0.39, 0.29) is 35.2 Å². The predicted octanol–water partition coefficient (Wildman–Crippen LogP) is 3.13. The molecule has 0 saturated heterocycles. The summed E-state index contributed by atoms with van der Waals surface area (Å²) >= 11 is 0. The zero-order valence-corrected chi connectivity index (χ0v) is 21.4. The van der Waals surface area contributed by atoms with Crippen LogP contribution >= 0.6 is 0 Å². The molecule has 35 heavy (non-hydrogen) atoms. The van der Waals surface area contributed by atoms with E-state index in [1.165, 1.54) is 50.2 Å². The van der Waals surface area contributed by atoms with E-state index in [4.69, 9.17) is 0 Å². The van der Waals surface area contributed by atoms with Gasteiger partial charge in [0.1, 0.15) is 18.4 Å². The number of Topliss-reactive ketones (excluding diaryl/α,β-unsaturated/α-hetero) is 1. The number of nitrogens with one attached hydrogen (secondary N) is 1. The van der Waals surface area contributed by atoms with Gasteiger partial charge in [-0.25, -0.2) is 12.8 Å². The van der Waals surface area contributed by atoms with Crippen molar-refractivity contribution < 1.29 is 27.2 Å². The smallest absolute Gasteiger partial charge is 0.244 e. The summed E-state index contributed by atoms with van der Waals surface area (Å²) in [4.78, 5) is 39.2. The lowest BCUT2D eigenvalue weighted by Crippen LogP contribution is -2.52. The molecular weight excluding hydrogens is 473 g/mol. The Kier molecular flexibility index (Phi) is 9.53. The molecule has 0 spiro atoms. The summed E-state index contributed by atoms with van der Waals surface area (Å²) in [6, 6.07) is 10.7. The second-order valence-electron chi connectivity index (χ2n) is 8.48. The van der Waals surface area contributed by atoms with Crippen molar-refractivity contribution in [3.63, 3.8) is 0 Å². The quantitative estimate of drug-likeness (QED) is 0.473. The van der Waals surface area contributed by atoms with Crippen LogP contribution in [0.25, 0.3) is 0 Å². The van der Waals surface area contributed by atoms with Crippen LogP contribution < -0.4 is 9.62 Å². The summed E-state index contributed by atoms with van der Waals surface area (Å²) in [5, 5.41) is 2.80. The minimum atomic E-state index is -3.94. The fraction of sp³-hybridized carbons (Fsp3) is 0.400. The number of nitrogens with zero attached hydrogens (tertiary/aromatic N) is 2. The van der Waals surface area contributed by atoms with Gasteiger partial charge in [-0.05, 0) is 45.4 Å². The highest BCUT2D eigenvalue weighted by Gasteiger charge is 2.31. The Hall–Kier alpha value is -3.27. The van der Waals surface area contributed by atoms with Crippen molar-refractivity contribution in [3.05, 3.63) is 65.5 Å². The van der Waals surface area contributed by atoms with Crippen molar-refractivity contribution >= 4 is 33.3 Å². The van der Waals surface area contributed by atoms with E-state index in [0.717, 1.165) is 15.5 Å². The molecule has 8 nitrogen and oxygen atoms in total. The van der Waals surface area contributed by atoms with Gasteiger partial charge in [0.15, 0.2) is 5.78 Å². The monoisotopic (exact) mass is 505 g/mol. The molecule has 0 aliphatic carbocycles. The third kappa shape index (κ3) is 7.61. The van der Waals surface area contributed by atoms with E-state index in [1.807, 2.05) is 13.8 Å². The maximum Gasteiger partial charge on any atom is 0.244 e. The van der Waals surface area contributed by atoms with E-state index in [1.54, 1.807) is 12.1 Å². The third-order valence-corrected chi connectivity index (χ3v) is 6.83. The molecule has 0 heterocycles.